The summed E-state index contributed by atoms with van der Waals surface area (Å²) in [7, 11) is 3.17. The van der Waals surface area contributed by atoms with Gasteiger partial charge in [0, 0.05) is 32.5 Å². The highest BCUT2D eigenvalue weighted by Gasteiger charge is 2.77. The molecule has 4 aliphatic carbocycles. The van der Waals surface area contributed by atoms with E-state index < -0.39 is 0 Å². The SMILES string of the molecule is CCC1C(C)(C)C(OC(C)=O)CCC12CC21CCC2(C)C([C@@]3(C)CCC(C(C)C)O3)C(OCOC)CC[C@@]2(C)C1.COCO. The molecule has 7 heteroatoms. The third-order valence-corrected chi connectivity index (χ3v) is 14.1. The molecule has 2 spiro atoms. The first kappa shape index (κ1) is 36.1. The average Bonchev–Trinajstić information content (AvgIpc) is 3.33. The van der Waals surface area contributed by atoms with Crippen LogP contribution >= 0.6 is 0 Å². The number of hydrogen-bond acceptors (Lipinski definition) is 7. The van der Waals surface area contributed by atoms with Crippen LogP contribution in [-0.2, 0) is 28.5 Å². The highest BCUT2D eigenvalue weighted by Crippen LogP contribution is 2.84. The standard InChI is InChI=1S/C35H60O5.C2H6O2/c1-11-27-30(5,6)28(39-24(4)36)14-17-35(27)21-34(35)19-18-32(8)29(33(9)16-13-25(40-33)23(2)3)26(38-22-37-10)12-15-31(32,7)20-34;1-4-2-3/h23,25-29H,11-22H2,1-10H3;3H,2H2,1H3/t25?,26?,27?,28?,29?,31-,32?,33+,34?,35?;/m0./s1. The molecule has 0 aromatic heterocycles. The Labute approximate surface area is 268 Å². The van der Waals surface area contributed by atoms with Crippen molar-refractivity contribution in [3.05, 3.63) is 0 Å². The molecule has 256 valence electrons. The number of rotatable bonds is 8. The van der Waals surface area contributed by atoms with Gasteiger partial charge >= 0.3 is 5.97 Å². The average molecular weight is 623 g/mol. The first-order valence-corrected chi connectivity index (χ1v) is 17.6. The summed E-state index contributed by atoms with van der Waals surface area (Å²) in [6.45, 7) is 21.2. The summed E-state index contributed by atoms with van der Waals surface area (Å²) in [5, 5.41) is 7.65. The Bertz CT molecular complexity index is 996. The lowest BCUT2D eigenvalue weighted by atomic mass is 9.41. The van der Waals surface area contributed by atoms with Crippen molar-refractivity contribution < 1.29 is 33.6 Å². The van der Waals surface area contributed by atoms with Crippen LogP contribution < -0.4 is 0 Å². The summed E-state index contributed by atoms with van der Waals surface area (Å²) in [5.74, 6) is 1.37. The normalized spacial score (nSPS) is 46.0. The topological polar surface area (TPSA) is 83.5 Å². The van der Waals surface area contributed by atoms with Gasteiger partial charge < -0.3 is 28.8 Å². The van der Waals surface area contributed by atoms with E-state index in [0.29, 0.717) is 41.5 Å². The molecule has 44 heavy (non-hydrogen) atoms. The molecule has 1 N–H and O–H groups in total. The lowest BCUT2D eigenvalue weighted by molar-refractivity contribution is -0.245. The Morgan fingerprint density at radius 2 is 1.61 bits per heavy atom. The fraction of sp³-hybridized carbons (Fsp3) is 0.973. The number of carbonyl (C=O) groups is 1. The van der Waals surface area contributed by atoms with Crippen LogP contribution in [0.2, 0.25) is 0 Å². The molecule has 7 nitrogen and oxygen atoms in total. The lowest BCUT2D eigenvalue weighted by Gasteiger charge is -2.65. The van der Waals surface area contributed by atoms with E-state index in [-0.39, 0.29) is 46.8 Å². The van der Waals surface area contributed by atoms with E-state index in [2.05, 4.69) is 60.1 Å². The minimum absolute atomic E-state index is 0.00896. The van der Waals surface area contributed by atoms with Crippen LogP contribution in [0.5, 0.6) is 0 Å². The summed E-state index contributed by atoms with van der Waals surface area (Å²) in [4.78, 5) is 12.0. The van der Waals surface area contributed by atoms with E-state index in [1.807, 2.05) is 0 Å². The van der Waals surface area contributed by atoms with E-state index in [0.717, 1.165) is 25.7 Å². The van der Waals surface area contributed by atoms with Gasteiger partial charge in [0.1, 0.15) is 19.7 Å². The van der Waals surface area contributed by atoms with Crippen LogP contribution in [0, 0.1) is 44.8 Å². The molecule has 1 heterocycles. The number of esters is 1. The number of aliphatic hydroxyl groups is 1. The molecule has 5 rings (SSSR count). The fourth-order valence-electron chi connectivity index (χ4n) is 12.0. The quantitative estimate of drug-likeness (QED) is 0.218. The van der Waals surface area contributed by atoms with Gasteiger partial charge in [0.2, 0.25) is 0 Å². The van der Waals surface area contributed by atoms with Gasteiger partial charge in [-0.25, -0.2) is 0 Å². The first-order valence-electron chi connectivity index (χ1n) is 17.6. The molecule has 0 amide bonds. The predicted molar refractivity (Wildman–Crippen MR) is 173 cm³/mol. The van der Waals surface area contributed by atoms with Crippen molar-refractivity contribution in [2.24, 2.45) is 44.8 Å². The van der Waals surface area contributed by atoms with Gasteiger partial charge in [-0.15, -0.1) is 0 Å². The van der Waals surface area contributed by atoms with Crippen LogP contribution in [0.3, 0.4) is 0 Å². The van der Waals surface area contributed by atoms with Crippen LogP contribution in [0.25, 0.3) is 0 Å². The highest BCUT2D eigenvalue weighted by atomic mass is 16.7. The Kier molecular flexibility index (Phi) is 10.7. The van der Waals surface area contributed by atoms with Gasteiger partial charge in [-0.05, 0) is 105 Å². The van der Waals surface area contributed by atoms with Crippen molar-refractivity contribution in [3.8, 4) is 0 Å². The summed E-state index contributed by atoms with van der Waals surface area (Å²) >= 11 is 0. The zero-order valence-corrected chi connectivity index (χ0v) is 30.1. The van der Waals surface area contributed by atoms with Crippen LogP contribution in [0.15, 0.2) is 0 Å². The monoisotopic (exact) mass is 622 g/mol. The Morgan fingerprint density at radius 1 is 0.932 bits per heavy atom. The molecule has 5 fully saturated rings. The largest absolute Gasteiger partial charge is 0.462 e. The summed E-state index contributed by atoms with van der Waals surface area (Å²) in [6, 6.07) is 0. The molecular weight excluding hydrogens is 556 g/mol. The number of methoxy groups -OCH3 is 2. The van der Waals surface area contributed by atoms with Gasteiger partial charge in [-0.3, -0.25) is 4.79 Å². The number of ether oxygens (including phenoxy) is 5. The molecular formula is C37H66O7. The molecule has 4 saturated carbocycles. The molecule has 1 saturated heterocycles. The maximum atomic E-state index is 12.0. The summed E-state index contributed by atoms with van der Waals surface area (Å²) in [6.07, 6.45) is 13.7. The van der Waals surface area contributed by atoms with Gasteiger partial charge in [0.05, 0.1) is 17.8 Å². The number of carbonyl (C=O) groups excluding carboxylic acids is 1. The first-order chi connectivity index (χ1) is 20.5. The predicted octanol–water partition coefficient (Wildman–Crippen LogP) is 7.91. The third-order valence-electron chi connectivity index (χ3n) is 14.1. The van der Waals surface area contributed by atoms with Crippen LogP contribution in [-0.4, -0.2) is 62.8 Å². The van der Waals surface area contributed by atoms with E-state index in [1.54, 1.807) is 14.0 Å². The molecule has 0 aromatic rings. The minimum Gasteiger partial charge on any atom is -0.462 e. The second kappa shape index (κ2) is 13.1. The second-order valence-corrected chi connectivity index (χ2v) is 17.0. The maximum Gasteiger partial charge on any atom is 0.302 e. The zero-order valence-electron chi connectivity index (χ0n) is 30.1. The Hall–Kier alpha value is -0.730. The van der Waals surface area contributed by atoms with E-state index in [9.17, 15) is 4.79 Å². The number of fused-ring (bicyclic) bond motifs is 2. The van der Waals surface area contributed by atoms with Crippen molar-refractivity contribution in [2.75, 3.05) is 27.8 Å². The molecule has 10 atom stereocenters. The fourth-order valence-corrected chi connectivity index (χ4v) is 12.0. The molecule has 8 unspecified atom stereocenters. The number of hydrogen-bond donors (Lipinski definition) is 1. The van der Waals surface area contributed by atoms with Crippen LogP contribution in [0.4, 0.5) is 0 Å². The van der Waals surface area contributed by atoms with Crippen LogP contribution in [0.1, 0.15) is 133 Å². The van der Waals surface area contributed by atoms with E-state index in [1.165, 1.54) is 52.1 Å². The van der Waals surface area contributed by atoms with Gasteiger partial charge in [0.15, 0.2) is 0 Å². The lowest BCUT2D eigenvalue weighted by Crippen LogP contribution is -2.63. The smallest absolute Gasteiger partial charge is 0.302 e. The maximum absolute atomic E-state index is 12.0. The minimum atomic E-state index is -0.181. The summed E-state index contributed by atoms with van der Waals surface area (Å²) in [5.41, 5.74) is 1.07. The van der Waals surface area contributed by atoms with Gasteiger partial charge in [-0.2, -0.15) is 0 Å². The Balaban J connectivity index is 0.00000104. The second-order valence-electron chi connectivity index (χ2n) is 17.0. The molecule has 0 bridgehead atoms. The van der Waals surface area contributed by atoms with Crippen molar-refractivity contribution in [1.82, 2.24) is 0 Å². The molecule has 1 aliphatic heterocycles. The molecule has 5 aliphatic rings. The molecule has 0 radical (unpaired) electrons. The van der Waals surface area contributed by atoms with Crippen molar-refractivity contribution in [1.29, 1.82) is 0 Å². The van der Waals surface area contributed by atoms with Gasteiger partial charge in [-0.1, -0.05) is 54.9 Å². The summed E-state index contributed by atoms with van der Waals surface area (Å²) < 4.78 is 29.0. The Morgan fingerprint density at radius 3 is 2.16 bits per heavy atom. The van der Waals surface area contributed by atoms with Crippen molar-refractivity contribution >= 4 is 5.97 Å². The third kappa shape index (κ3) is 5.93. The van der Waals surface area contributed by atoms with Crippen molar-refractivity contribution in [3.63, 3.8) is 0 Å². The van der Waals surface area contributed by atoms with Gasteiger partial charge in [0.25, 0.3) is 0 Å². The zero-order chi connectivity index (χ0) is 32.8. The van der Waals surface area contributed by atoms with Crippen molar-refractivity contribution in [2.45, 2.75) is 157 Å². The van der Waals surface area contributed by atoms with E-state index in [4.69, 9.17) is 24.1 Å². The highest BCUT2D eigenvalue weighted by molar-refractivity contribution is 5.66. The number of aliphatic hydroxyl groups excluding tert-OH is 1. The van der Waals surface area contributed by atoms with E-state index >= 15 is 0 Å². The molecule has 0 aromatic carbocycles.